The first-order valence-corrected chi connectivity index (χ1v) is 15.1. The van der Waals surface area contributed by atoms with Gasteiger partial charge in [-0.25, -0.2) is 18.4 Å². The summed E-state index contributed by atoms with van der Waals surface area (Å²) >= 11 is 6.46. The van der Waals surface area contributed by atoms with Gasteiger partial charge in [-0.3, -0.25) is 4.79 Å². The summed E-state index contributed by atoms with van der Waals surface area (Å²) in [6.45, 7) is 7.22. The van der Waals surface area contributed by atoms with Gasteiger partial charge >= 0.3 is 0 Å². The van der Waals surface area contributed by atoms with Crippen molar-refractivity contribution in [2.75, 3.05) is 24.6 Å². The molecule has 1 aromatic heterocycles. The molecule has 4 rings (SSSR count). The van der Waals surface area contributed by atoms with Gasteiger partial charge in [-0.15, -0.1) is 0 Å². The van der Waals surface area contributed by atoms with Gasteiger partial charge in [0.2, 0.25) is 5.91 Å². The van der Waals surface area contributed by atoms with Gasteiger partial charge in [0.05, 0.1) is 33.4 Å². The topological polar surface area (TPSA) is 115 Å². The van der Waals surface area contributed by atoms with Crippen LogP contribution in [0, 0.1) is 5.92 Å². The lowest BCUT2D eigenvalue weighted by Crippen LogP contribution is -2.41. The van der Waals surface area contributed by atoms with Gasteiger partial charge in [-0.1, -0.05) is 35.9 Å². The molecule has 1 aliphatic heterocycles. The fourth-order valence-corrected chi connectivity index (χ4v) is 6.24. The molecular weight excluding hydrogens is 536 g/mol. The lowest BCUT2D eigenvalue weighted by molar-refractivity contribution is -0.122. The number of benzene rings is 2. The summed E-state index contributed by atoms with van der Waals surface area (Å²) in [4.78, 5) is 23.4. The fourth-order valence-electron chi connectivity index (χ4n) is 4.80. The van der Waals surface area contributed by atoms with E-state index in [-0.39, 0.29) is 18.2 Å². The third-order valence-electron chi connectivity index (χ3n) is 7.01. The number of nitrogens with two attached hydrogens (primary N) is 1. The first-order chi connectivity index (χ1) is 18.6. The summed E-state index contributed by atoms with van der Waals surface area (Å²) in [6, 6.07) is 13.0. The molecule has 0 spiro atoms. The highest BCUT2D eigenvalue weighted by Crippen LogP contribution is 2.31. The smallest absolute Gasteiger partial charge is 0.222 e. The Kier molecular flexibility index (Phi) is 9.12. The van der Waals surface area contributed by atoms with Gasteiger partial charge in [-0.05, 0) is 51.3 Å². The SMILES string of the molecule is CCOc1cc(N2CCCC(C(N)=O)C2)ccc1Cc1ncc(Cl)c(Cc2ccccc2S(=O)(=O)C(C)C)n1. The lowest BCUT2D eigenvalue weighted by atomic mass is 9.96. The van der Waals surface area contributed by atoms with Crippen molar-refractivity contribution in [2.24, 2.45) is 11.7 Å². The minimum atomic E-state index is -3.47. The minimum Gasteiger partial charge on any atom is -0.494 e. The first-order valence-electron chi connectivity index (χ1n) is 13.2. The molecule has 208 valence electrons. The van der Waals surface area contributed by atoms with Crippen LogP contribution in [0.15, 0.2) is 53.6 Å². The average molecular weight is 571 g/mol. The summed E-state index contributed by atoms with van der Waals surface area (Å²) in [5.74, 6) is 0.862. The van der Waals surface area contributed by atoms with Crippen molar-refractivity contribution >= 4 is 33.0 Å². The van der Waals surface area contributed by atoms with E-state index in [4.69, 9.17) is 27.1 Å². The van der Waals surface area contributed by atoms with Crippen LogP contribution in [-0.2, 0) is 27.5 Å². The number of sulfone groups is 1. The number of carbonyl (C=O) groups is 1. The Morgan fingerprint density at radius 1 is 1.18 bits per heavy atom. The minimum absolute atomic E-state index is 0.157. The standard InChI is InChI=1S/C29H35ClN4O4S/c1-4-38-26-16-23(34-13-7-9-22(18-34)29(31)35)12-11-20(26)15-28-32-17-24(30)25(33-28)14-21-8-5-6-10-27(21)39(36,37)19(2)3/h5-6,8,10-12,16-17,19,22H,4,7,9,13-15,18H2,1-3H3,(H2,31,35). The van der Waals surface area contributed by atoms with E-state index in [9.17, 15) is 13.2 Å². The van der Waals surface area contributed by atoms with Gasteiger partial charge < -0.3 is 15.4 Å². The number of anilines is 1. The second-order valence-electron chi connectivity index (χ2n) is 10.0. The van der Waals surface area contributed by atoms with E-state index in [0.717, 1.165) is 36.4 Å². The highest BCUT2D eigenvalue weighted by Gasteiger charge is 2.25. The molecule has 1 fully saturated rings. The molecule has 0 bridgehead atoms. The molecule has 0 radical (unpaired) electrons. The molecule has 10 heteroatoms. The number of hydrogen-bond acceptors (Lipinski definition) is 7. The highest BCUT2D eigenvalue weighted by molar-refractivity contribution is 7.92. The van der Waals surface area contributed by atoms with Crippen molar-refractivity contribution in [3.8, 4) is 5.75 Å². The second-order valence-corrected chi connectivity index (χ2v) is 12.9. The Bertz CT molecular complexity index is 1440. The number of aromatic nitrogens is 2. The van der Waals surface area contributed by atoms with E-state index in [1.54, 1.807) is 38.2 Å². The molecule has 8 nitrogen and oxygen atoms in total. The number of nitrogens with zero attached hydrogens (tertiary/aromatic N) is 3. The average Bonchev–Trinajstić information content (AvgIpc) is 2.92. The van der Waals surface area contributed by atoms with Crippen LogP contribution in [0.5, 0.6) is 5.75 Å². The van der Waals surface area contributed by atoms with Crippen LogP contribution in [0.25, 0.3) is 0 Å². The van der Waals surface area contributed by atoms with Crippen LogP contribution < -0.4 is 15.4 Å². The number of piperidine rings is 1. The number of primary amides is 1. The van der Waals surface area contributed by atoms with E-state index in [2.05, 4.69) is 9.88 Å². The van der Waals surface area contributed by atoms with E-state index in [1.807, 2.05) is 31.2 Å². The number of halogens is 1. The van der Waals surface area contributed by atoms with Crippen LogP contribution in [0.4, 0.5) is 5.69 Å². The molecule has 1 aliphatic rings. The number of hydrogen-bond donors (Lipinski definition) is 1. The normalized spacial score (nSPS) is 15.9. The van der Waals surface area contributed by atoms with Gasteiger partial charge in [0.25, 0.3) is 0 Å². The summed E-state index contributed by atoms with van der Waals surface area (Å²) in [5.41, 5.74) is 8.67. The van der Waals surface area contributed by atoms with Crippen LogP contribution in [0.2, 0.25) is 5.02 Å². The van der Waals surface area contributed by atoms with Crippen molar-refractivity contribution in [2.45, 2.75) is 56.6 Å². The van der Waals surface area contributed by atoms with Gasteiger partial charge in [0.15, 0.2) is 9.84 Å². The van der Waals surface area contributed by atoms with Crippen LogP contribution in [-0.4, -0.2) is 49.2 Å². The van der Waals surface area contributed by atoms with Crippen molar-refractivity contribution in [3.63, 3.8) is 0 Å². The van der Waals surface area contributed by atoms with Crippen LogP contribution in [0.1, 0.15) is 56.3 Å². The zero-order valence-corrected chi connectivity index (χ0v) is 24.1. The molecule has 1 saturated heterocycles. The van der Waals surface area contributed by atoms with E-state index in [1.165, 1.54) is 0 Å². The van der Waals surface area contributed by atoms with Crippen LogP contribution >= 0.6 is 11.6 Å². The molecule has 0 aliphatic carbocycles. The Balaban J connectivity index is 1.60. The number of amides is 1. The van der Waals surface area contributed by atoms with Crippen molar-refractivity contribution in [3.05, 3.63) is 76.3 Å². The molecular formula is C29H35ClN4O4S. The van der Waals surface area contributed by atoms with Crippen LogP contribution in [0.3, 0.4) is 0 Å². The Hall–Kier alpha value is -3.17. The maximum absolute atomic E-state index is 12.9. The van der Waals surface area contributed by atoms with Gasteiger partial charge in [0, 0.05) is 49.4 Å². The largest absolute Gasteiger partial charge is 0.494 e. The molecule has 1 amide bonds. The first kappa shape index (κ1) is 28.8. The third-order valence-corrected chi connectivity index (χ3v) is 9.58. The summed E-state index contributed by atoms with van der Waals surface area (Å²) < 4.78 is 31.8. The summed E-state index contributed by atoms with van der Waals surface area (Å²) in [7, 11) is -3.47. The van der Waals surface area contributed by atoms with Crippen molar-refractivity contribution in [1.29, 1.82) is 0 Å². The third kappa shape index (κ3) is 6.70. The Labute approximate surface area is 235 Å². The molecule has 1 unspecified atom stereocenters. The highest BCUT2D eigenvalue weighted by atomic mass is 35.5. The quantitative estimate of drug-likeness (QED) is 0.379. The molecule has 0 saturated carbocycles. The maximum Gasteiger partial charge on any atom is 0.222 e. The molecule has 2 heterocycles. The zero-order valence-electron chi connectivity index (χ0n) is 22.6. The Morgan fingerprint density at radius 3 is 2.67 bits per heavy atom. The lowest BCUT2D eigenvalue weighted by Gasteiger charge is -2.33. The molecule has 39 heavy (non-hydrogen) atoms. The number of ether oxygens (including phenoxy) is 1. The molecule has 2 N–H and O–H groups in total. The van der Waals surface area contributed by atoms with Gasteiger partial charge in [0.1, 0.15) is 11.6 Å². The van der Waals surface area contributed by atoms with Crippen molar-refractivity contribution < 1.29 is 17.9 Å². The number of carbonyl (C=O) groups excluding carboxylic acids is 1. The second kappa shape index (κ2) is 12.3. The van der Waals surface area contributed by atoms with E-state index in [0.29, 0.717) is 46.6 Å². The fraction of sp³-hybridized carbons (Fsp3) is 0.414. The molecule has 3 aromatic rings. The predicted molar refractivity (Wildman–Crippen MR) is 153 cm³/mol. The predicted octanol–water partition coefficient (Wildman–Crippen LogP) is 4.59. The zero-order chi connectivity index (χ0) is 28.2. The molecule has 2 aromatic carbocycles. The van der Waals surface area contributed by atoms with Crippen molar-refractivity contribution in [1.82, 2.24) is 9.97 Å². The summed E-state index contributed by atoms with van der Waals surface area (Å²) in [6.07, 6.45) is 3.96. The summed E-state index contributed by atoms with van der Waals surface area (Å²) in [5, 5.41) is -0.161. The monoisotopic (exact) mass is 570 g/mol. The number of rotatable bonds is 10. The maximum atomic E-state index is 12.9. The van der Waals surface area contributed by atoms with E-state index < -0.39 is 15.1 Å². The Morgan fingerprint density at radius 2 is 1.95 bits per heavy atom. The van der Waals surface area contributed by atoms with Gasteiger partial charge in [-0.2, -0.15) is 0 Å². The van der Waals surface area contributed by atoms with E-state index >= 15 is 0 Å². The molecule has 1 atom stereocenters.